The maximum Gasteiger partial charge on any atom is 0.193 e. The Morgan fingerprint density at radius 2 is 1.96 bits per heavy atom. The van der Waals surface area contributed by atoms with Crippen molar-refractivity contribution in [3.8, 4) is 0 Å². The summed E-state index contributed by atoms with van der Waals surface area (Å²) in [4.78, 5) is 6.74. The fraction of sp³-hybridized carbons (Fsp3) is 0.389. The Hall–Kier alpha value is -1.80. The summed E-state index contributed by atoms with van der Waals surface area (Å²) < 4.78 is 26.1. The monoisotopic (exact) mass is 440 g/mol. The van der Waals surface area contributed by atoms with Crippen molar-refractivity contribution in [1.82, 2.24) is 14.8 Å². The van der Waals surface area contributed by atoms with Crippen molar-refractivity contribution in [2.45, 2.75) is 17.9 Å². The molecule has 8 heteroatoms. The van der Waals surface area contributed by atoms with Crippen LogP contribution >= 0.6 is 15.9 Å². The highest BCUT2D eigenvalue weighted by Crippen LogP contribution is 2.15. The molecular formula is C18H25BrN4O2S. The molecule has 0 bridgehead atoms. The number of nitrogens with zero attached hydrogens (tertiary/aromatic N) is 3. The van der Waals surface area contributed by atoms with E-state index in [2.05, 4.69) is 41.8 Å². The molecule has 0 aliphatic carbocycles. The lowest BCUT2D eigenvalue weighted by Gasteiger charge is -2.22. The molecule has 1 N–H and O–H groups in total. The molecule has 2 rings (SSSR count). The van der Waals surface area contributed by atoms with Crippen LogP contribution in [0.3, 0.4) is 0 Å². The molecule has 0 fully saturated rings. The van der Waals surface area contributed by atoms with Crippen LogP contribution in [0, 0.1) is 0 Å². The maximum absolute atomic E-state index is 11.5. The van der Waals surface area contributed by atoms with E-state index in [9.17, 15) is 8.42 Å². The minimum absolute atomic E-state index is 0.346. The molecule has 1 aromatic heterocycles. The van der Waals surface area contributed by atoms with Gasteiger partial charge < -0.3 is 14.8 Å². The third kappa shape index (κ3) is 5.60. The Kier molecular flexibility index (Phi) is 6.88. The molecule has 0 radical (unpaired) electrons. The summed E-state index contributed by atoms with van der Waals surface area (Å²) in [5.41, 5.74) is 2.26. The number of aryl methyl sites for hydroxylation is 1. The van der Waals surface area contributed by atoms with E-state index in [-0.39, 0.29) is 0 Å². The Bertz CT molecular complexity index is 873. The molecule has 0 amide bonds. The Morgan fingerprint density at radius 3 is 2.46 bits per heavy atom. The molecule has 0 saturated carbocycles. The first-order chi connectivity index (χ1) is 12.2. The highest BCUT2D eigenvalue weighted by Gasteiger charge is 2.10. The van der Waals surface area contributed by atoms with Gasteiger partial charge in [0.2, 0.25) is 0 Å². The highest BCUT2D eigenvalue weighted by molar-refractivity contribution is 9.10. The summed E-state index contributed by atoms with van der Waals surface area (Å²) in [5.74, 6) is 0.815. The Labute approximate surface area is 164 Å². The zero-order valence-electron chi connectivity index (χ0n) is 15.5. The van der Waals surface area contributed by atoms with Crippen LogP contribution in [0.4, 0.5) is 0 Å². The Morgan fingerprint density at radius 1 is 1.31 bits per heavy atom. The number of hydrogen-bond donors (Lipinski definition) is 1. The summed E-state index contributed by atoms with van der Waals surface area (Å²) in [5, 5.41) is 3.35. The van der Waals surface area contributed by atoms with Crippen LogP contribution < -0.4 is 5.32 Å². The van der Waals surface area contributed by atoms with Gasteiger partial charge in [0.05, 0.1) is 11.4 Å². The summed E-state index contributed by atoms with van der Waals surface area (Å²) >= 11 is 3.49. The fourth-order valence-corrected chi connectivity index (χ4v) is 3.85. The van der Waals surface area contributed by atoms with E-state index in [1.54, 1.807) is 19.2 Å². The van der Waals surface area contributed by atoms with Gasteiger partial charge in [0.25, 0.3) is 0 Å². The number of aliphatic imine (C=N–C) groups is 1. The fourth-order valence-electron chi connectivity index (χ4n) is 2.65. The molecule has 1 aromatic carbocycles. The summed E-state index contributed by atoms with van der Waals surface area (Å²) in [6.45, 7) is 1.46. The number of benzene rings is 1. The number of hydrogen-bond acceptors (Lipinski definition) is 3. The van der Waals surface area contributed by atoms with Crippen molar-refractivity contribution in [1.29, 1.82) is 0 Å². The second kappa shape index (κ2) is 8.73. The third-order valence-corrected chi connectivity index (χ3v) is 5.66. The number of guanidine groups is 1. The van der Waals surface area contributed by atoms with Crippen molar-refractivity contribution in [3.63, 3.8) is 0 Å². The van der Waals surface area contributed by atoms with Crippen LogP contribution in [0.1, 0.15) is 11.3 Å². The molecule has 0 aliphatic rings. The molecular weight excluding hydrogens is 416 g/mol. The van der Waals surface area contributed by atoms with Crippen LogP contribution in [0.25, 0.3) is 0 Å². The van der Waals surface area contributed by atoms with Crippen molar-refractivity contribution in [2.75, 3.05) is 26.9 Å². The molecule has 142 valence electrons. The maximum atomic E-state index is 11.5. The first kappa shape index (κ1) is 20.5. The molecule has 0 aliphatic heterocycles. The van der Waals surface area contributed by atoms with E-state index in [0.29, 0.717) is 11.4 Å². The average molecular weight is 441 g/mol. The molecule has 0 unspecified atom stereocenters. The SMILES string of the molecule is CN=C(NCCc1ccc(S(C)(=O)=O)cc1)N(C)Cc1cc(Br)cn1C. The normalized spacial score (nSPS) is 12.3. The standard InChI is InChI=1S/C18H25BrN4O2S/c1-20-18(23(3)13-16-11-15(19)12-22(16)2)21-10-9-14-5-7-17(8-6-14)26(4,24)25/h5-8,11-12H,9-10,13H2,1-4H3,(H,20,21). The molecule has 6 nitrogen and oxygen atoms in total. The van der Waals surface area contributed by atoms with Crippen molar-refractivity contribution >= 4 is 31.7 Å². The number of sulfone groups is 1. The van der Waals surface area contributed by atoms with Gasteiger partial charge in [-0.2, -0.15) is 0 Å². The molecule has 0 spiro atoms. The third-order valence-electron chi connectivity index (χ3n) is 4.10. The molecule has 2 aromatic rings. The van der Waals surface area contributed by atoms with E-state index >= 15 is 0 Å². The topological polar surface area (TPSA) is 66.7 Å². The summed E-state index contributed by atoms with van der Waals surface area (Å²) in [6.07, 6.45) is 4.03. The lowest BCUT2D eigenvalue weighted by atomic mass is 10.1. The van der Waals surface area contributed by atoms with Crippen molar-refractivity contribution < 1.29 is 8.42 Å². The predicted octanol–water partition coefficient (Wildman–Crippen LogP) is 2.44. The molecule has 26 heavy (non-hydrogen) atoms. The first-order valence-corrected chi connectivity index (χ1v) is 10.9. The van der Waals surface area contributed by atoms with Gasteiger partial charge in [0, 0.05) is 50.3 Å². The zero-order chi connectivity index (χ0) is 19.3. The molecule has 0 saturated heterocycles. The second-order valence-corrected chi connectivity index (χ2v) is 9.19. The largest absolute Gasteiger partial charge is 0.356 e. The zero-order valence-corrected chi connectivity index (χ0v) is 17.9. The minimum Gasteiger partial charge on any atom is -0.356 e. The lowest BCUT2D eigenvalue weighted by molar-refractivity contribution is 0.462. The van der Waals surface area contributed by atoms with E-state index in [1.165, 1.54) is 11.9 Å². The second-order valence-electron chi connectivity index (χ2n) is 6.26. The van der Waals surface area contributed by atoms with Crippen LogP contribution in [-0.2, 0) is 29.9 Å². The van der Waals surface area contributed by atoms with Crippen LogP contribution in [0.15, 0.2) is 50.9 Å². The van der Waals surface area contributed by atoms with Gasteiger partial charge in [-0.05, 0) is 46.1 Å². The van der Waals surface area contributed by atoms with E-state index in [1.807, 2.05) is 32.4 Å². The van der Waals surface area contributed by atoms with Crippen LogP contribution in [0.5, 0.6) is 0 Å². The Balaban J connectivity index is 1.89. The quantitative estimate of drug-likeness (QED) is 0.553. The van der Waals surface area contributed by atoms with Crippen LogP contribution in [-0.4, -0.2) is 50.7 Å². The molecule has 1 heterocycles. The number of aromatic nitrogens is 1. The lowest BCUT2D eigenvalue weighted by Crippen LogP contribution is -2.39. The van der Waals surface area contributed by atoms with Gasteiger partial charge in [-0.15, -0.1) is 0 Å². The van der Waals surface area contributed by atoms with Gasteiger partial charge in [-0.1, -0.05) is 12.1 Å². The van der Waals surface area contributed by atoms with Crippen molar-refractivity contribution in [2.24, 2.45) is 12.0 Å². The number of nitrogens with one attached hydrogen (secondary N) is 1. The van der Waals surface area contributed by atoms with Crippen LogP contribution in [0.2, 0.25) is 0 Å². The first-order valence-electron chi connectivity index (χ1n) is 8.22. The molecule has 0 atom stereocenters. The van der Waals surface area contributed by atoms with Gasteiger partial charge in [-0.3, -0.25) is 4.99 Å². The van der Waals surface area contributed by atoms with Gasteiger partial charge in [-0.25, -0.2) is 8.42 Å². The predicted molar refractivity (Wildman–Crippen MR) is 109 cm³/mol. The summed E-state index contributed by atoms with van der Waals surface area (Å²) in [7, 11) is 2.63. The van der Waals surface area contributed by atoms with E-state index < -0.39 is 9.84 Å². The number of halogens is 1. The highest BCUT2D eigenvalue weighted by atomic mass is 79.9. The van der Waals surface area contributed by atoms with Gasteiger partial charge in [0.15, 0.2) is 15.8 Å². The van der Waals surface area contributed by atoms with E-state index in [4.69, 9.17) is 0 Å². The van der Waals surface area contributed by atoms with E-state index in [0.717, 1.165) is 29.0 Å². The van der Waals surface area contributed by atoms with Gasteiger partial charge >= 0.3 is 0 Å². The number of rotatable bonds is 6. The summed E-state index contributed by atoms with van der Waals surface area (Å²) in [6, 6.07) is 9.10. The average Bonchev–Trinajstić information content (AvgIpc) is 2.88. The van der Waals surface area contributed by atoms with Gasteiger partial charge in [0.1, 0.15) is 0 Å². The minimum atomic E-state index is -3.15. The van der Waals surface area contributed by atoms with Crippen molar-refractivity contribution in [3.05, 3.63) is 52.3 Å². The smallest absolute Gasteiger partial charge is 0.193 e.